The normalized spacial score (nSPS) is 11.9. The van der Waals surface area contributed by atoms with Crippen LogP contribution in [-0.2, 0) is 0 Å². The van der Waals surface area contributed by atoms with Gasteiger partial charge in [-0.2, -0.15) is 0 Å². The molecular formula is C52H30N2O2S. The van der Waals surface area contributed by atoms with Crippen molar-refractivity contribution in [2.24, 2.45) is 0 Å². The molecule has 0 radical (unpaired) electrons. The Morgan fingerprint density at radius 2 is 0.842 bits per heavy atom. The lowest BCUT2D eigenvalue weighted by atomic mass is 9.95. The fourth-order valence-corrected chi connectivity index (χ4v) is 9.37. The third-order valence-electron chi connectivity index (χ3n) is 11.1. The average Bonchev–Trinajstić information content (AvgIpc) is 3.96. The van der Waals surface area contributed by atoms with Crippen LogP contribution in [0.4, 0.5) is 0 Å². The van der Waals surface area contributed by atoms with Crippen LogP contribution in [0.3, 0.4) is 0 Å². The van der Waals surface area contributed by atoms with E-state index < -0.39 is 0 Å². The van der Waals surface area contributed by atoms with Crippen molar-refractivity contribution in [3.8, 4) is 55.8 Å². The van der Waals surface area contributed by atoms with Crippen LogP contribution in [0.15, 0.2) is 191 Å². The van der Waals surface area contributed by atoms with Crippen molar-refractivity contribution in [2.45, 2.75) is 0 Å². The topological polar surface area (TPSA) is 52.1 Å². The lowest BCUT2D eigenvalue weighted by Crippen LogP contribution is -1.86. The molecule has 0 amide bonds. The standard InChI is InChI=1S/C52H30N2O2S/c1-2-15-49-40(13-1)41-28-38(18-23-50(41)57-49)35-11-5-12-39(27-35)44-19-22-48-52(54-44)43-30-37(17-21-46(43)56-48)34-10-4-8-32(26-34)31-7-3-9-33(25-31)36-16-20-45-42(29-36)51-47(55-45)14-6-24-53-51/h1-30H. The molecular weight excluding hydrogens is 717 g/mol. The summed E-state index contributed by atoms with van der Waals surface area (Å²) in [5.41, 5.74) is 16.1. The average molecular weight is 747 g/mol. The zero-order chi connectivity index (χ0) is 37.5. The van der Waals surface area contributed by atoms with Gasteiger partial charge in [-0.15, -0.1) is 11.3 Å². The first-order valence-electron chi connectivity index (χ1n) is 19.0. The van der Waals surface area contributed by atoms with Crippen molar-refractivity contribution in [2.75, 3.05) is 0 Å². The summed E-state index contributed by atoms with van der Waals surface area (Å²) >= 11 is 1.84. The van der Waals surface area contributed by atoms with E-state index in [1.54, 1.807) is 0 Å². The van der Waals surface area contributed by atoms with Crippen molar-refractivity contribution in [1.82, 2.24) is 9.97 Å². The van der Waals surface area contributed by atoms with E-state index in [0.717, 1.165) is 88.8 Å². The fraction of sp³-hybridized carbons (Fsp3) is 0. The summed E-state index contributed by atoms with van der Waals surface area (Å²) in [7, 11) is 0. The number of furan rings is 2. The number of rotatable bonds is 5. The maximum absolute atomic E-state index is 6.32. The highest BCUT2D eigenvalue weighted by molar-refractivity contribution is 7.25. The van der Waals surface area contributed by atoms with Crippen LogP contribution < -0.4 is 0 Å². The molecule has 0 N–H and O–H groups in total. The summed E-state index contributed by atoms with van der Waals surface area (Å²) in [6.07, 6.45) is 1.81. The Morgan fingerprint density at radius 3 is 1.53 bits per heavy atom. The van der Waals surface area contributed by atoms with E-state index >= 15 is 0 Å². The molecule has 0 aliphatic heterocycles. The van der Waals surface area contributed by atoms with Gasteiger partial charge in [0.2, 0.25) is 0 Å². The van der Waals surface area contributed by atoms with Crippen LogP contribution in [0.2, 0.25) is 0 Å². The van der Waals surface area contributed by atoms with Gasteiger partial charge < -0.3 is 8.83 Å². The first-order chi connectivity index (χ1) is 28.2. The van der Waals surface area contributed by atoms with Gasteiger partial charge in [0.25, 0.3) is 0 Å². The molecule has 0 aliphatic rings. The third kappa shape index (κ3) is 5.35. The zero-order valence-electron chi connectivity index (χ0n) is 30.4. The van der Waals surface area contributed by atoms with Crippen LogP contribution in [0, 0.1) is 0 Å². The second-order valence-electron chi connectivity index (χ2n) is 14.6. The van der Waals surface area contributed by atoms with Gasteiger partial charge >= 0.3 is 0 Å². The number of fused-ring (bicyclic) bond motifs is 9. The number of thiophene rings is 1. The van der Waals surface area contributed by atoms with Crippen LogP contribution in [0.25, 0.3) is 120 Å². The van der Waals surface area contributed by atoms with Gasteiger partial charge in [0, 0.05) is 42.7 Å². The quantitative estimate of drug-likeness (QED) is 0.176. The molecule has 0 fully saturated rings. The molecule has 0 saturated carbocycles. The molecule has 0 aliphatic carbocycles. The Bertz CT molecular complexity index is 3550. The van der Waals surface area contributed by atoms with Crippen molar-refractivity contribution in [1.29, 1.82) is 0 Å². The summed E-state index contributed by atoms with van der Waals surface area (Å²) in [4.78, 5) is 9.80. The van der Waals surface area contributed by atoms with Crippen molar-refractivity contribution in [3.63, 3.8) is 0 Å². The predicted molar refractivity (Wildman–Crippen MR) is 237 cm³/mol. The van der Waals surface area contributed by atoms with E-state index in [2.05, 4.69) is 157 Å². The monoisotopic (exact) mass is 746 g/mol. The fourth-order valence-electron chi connectivity index (χ4n) is 8.28. The van der Waals surface area contributed by atoms with E-state index in [4.69, 9.17) is 13.8 Å². The molecule has 12 aromatic rings. The minimum Gasteiger partial charge on any atom is -0.454 e. The van der Waals surface area contributed by atoms with Gasteiger partial charge in [-0.05, 0) is 129 Å². The molecule has 7 aromatic carbocycles. The van der Waals surface area contributed by atoms with Gasteiger partial charge in [0.1, 0.15) is 22.2 Å². The minimum atomic E-state index is 0.778. The summed E-state index contributed by atoms with van der Waals surface area (Å²) in [6, 6.07) is 62.3. The third-order valence-corrected chi connectivity index (χ3v) is 12.3. The summed E-state index contributed by atoms with van der Waals surface area (Å²) in [5, 5.41) is 4.63. The first-order valence-corrected chi connectivity index (χ1v) is 19.8. The molecule has 266 valence electrons. The van der Waals surface area contributed by atoms with Gasteiger partial charge in [-0.1, -0.05) is 91.0 Å². The summed E-state index contributed by atoms with van der Waals surface area (Å²) in [6.45, 7) is 0. The van der Waals surface area contributed by atoms with Crippen molar-refractivity contribution in [3.05, 3.63) is 182 Å². The van der Waals surface area contributed by atoms with E-state index in [-0.39, 0.29) is 0 Å². The highest BCUT2D eigenvalue weighted by atomic mass is 32.1. The highest BCUT2D eigenvalue weighted by Crippen LogP contribution is 2.39. The molecule has 5 aromatic heterocycles. The Kier molecular flexibility index (Phi) is 7.06. The van der Waals surface area contributed by atoms with Crippen LogP contribution in [0.1, 0.15) is 0 Å². The number of hydrogen-bond acceptors (Lipinski definition) is 5. The van der Waals surface area contributed by atoms with E-state index in [0.29, 0.717) is 0 Å². The van der Waals surface area contributed by atoms with Crippen LogP contribution in [-0.4, -0.2) is 9.97 Å². The molecule has 0 atom stereocenters. The lowest BCUT2D eigenvalue weighted by molar-refractivity contribution is 0.668. The van der Waals surface area contributed by atoms with Gasteiger partial charge in [-0.3, -0.25) is 4.98 Å². The lowest BCUT2D eigenvalue weighted by Gasteiger charge is -2.09. The SMILES string of the molecule is c1cc(-c2cccc(-c3ccc4oc5ccc(-c6cccc(-c7ccc8sc9ccccc9c8c7)c6)nc5c4c3)c2)cc(-c2ccc3oc4cccnc4c3c2)c1. The number of pyridine rings is 2. The zero-order valence-corrected chi connectivity index (χ0v) is 31.3. The van der Waals surface area contributed by atoms with Gasteiger partial charge in [0.05, 0.1) is 5.69 Å². The summed E-state index contributed by atoms with van der Waals surface area (Å²) < 4.78 is 15.0. The molecule has 5 heterocycles. The Balaban J connectivity index is 0.881. The smallest absolute Gasteiger partial charge is 0.153 e. The molecule has 0 spiro atoms. The molecule has 0 saturated heterocycles. The van der Waals surface area contributed by atoms with Gasteiger partial charge in [0.15, 0.2) is 11.2 Å². The maximum atomic E-state index is 6.32. The molecule has 0 bridgehead atoms. The Hall–Kier alpha value is -7.34. The highest BCUT2D eigenvalue weighted by Gasteiger charge is 2.15. The summed E-state index contributed by atoms with van der Waals surface area (Å²) in [5.74, 6) is 0. The Labute approximate surface area is 330 Å². The predicted octanol–water partition coefficient (Wildman–Crippen LogP) is 15.0. The van der Waals surface area contributed by atoms with E-state index in [9.17, 15) is 0 Å². The van der Waals surface area contributed by atoms with Crippen molar-refractivity contribution >= 4 is 75.6 Å². The first kappa shape index (κ1) is 32.0. The van der Waals surface area contributed by atoms with Crippen LogP contribution in [0.5, 0.6) is 0 Å². The minimum absolute atomic E-state index is 0.778. The maximum Gasteiger partial charge on any atom is 0.153 e. The Morgan fingerprint density at radius 1 is 0.333 bits per heavy atom. The van der Waals surface area contributed by atoms with Crippen molar-refractivity contribution < 1.29 is 8.83 Å². The number of hydrogen-bond donors (Lipinski definition) is 0. The number of aromatic nitrogens is 2. The van der Waals surface area contributed by atoms with Crippen LogP contribution >= 0.6 is 11.3 Å². The number of benzene rings is 7. The molecule has 5 heteroatoms. The van der Waals surface area contributed by atoms with Gasteiger partial charge in [-0.25, -0.2) is 4.98 Å². The molecule has 57 heavy (non-hydrogen) atoms. The second-order valence-corrected chi connectivity index (χ2v) is 15.7. The van der Waals surface area contributed by atoms with E-state index in [1.807, 2.05) is 41.8 Å². The molecule has 4 nitrogen and oxygen atoms in total. The number of nitrogens with zero attached hydrogens (tertiary/aromatic N) is 2. The largest absolute Gasteiger partial charge is 0.454 e. The molecule has 12 rings (SSSR count). The van der Waals surface area contributed by atoms with E-state index in [1.165, 1.54) is 31.3 Å². The molecule has 0 unspecified atom stereocenters. The second kappa shape index (κ2) is 12.6.